The molecular formula is C23H23N3O4. The first-order chi connectivity index (χ1) is 14.4. The van der Waals surface area contributed by atoms with Crippen LogP contribution in [0.3, 0.4) is 0 Å². The highest BCUT2D eigenvalue weighted by Crippen LogP contribution is 2.23. The minimum Gasteiger partial charge on any atom is -0.451 e. The number of fused-ring (bicyclic) bond motifs is 1. The SMILES string of the molecule is Cc1cc(C)c2cc(C(=O)OCC(=O)Nc3ccccc3C(=O)NC3CC3)[nH]c2c1. The fourth-order valence-electron chi connectivity index (χ4n) is 3.39. The van der Waals surface area contributed by atoms with Crippen LogP contribution < -0.4 is 10.6 Å². The van der Waals surface area contributed by atoms with E-state index in [-0.39, 0.29) is 17.6 Å². The minimum absolute atomic E-state index is 0.214. The first-order valence-electron chi connectivity index (χ1n) is 9.87. The Kier molecular flexibility index (Phi) is 5.27. The Morgan fingerprint density at radius 3 is 2.63 bits per heavy atom. The number of anilines is 1. The molecule has 1 saturated carbocycles. The number of hydrogen-bond donors (Lipinski definition) is 3. The Morgan fingerprint density at radius 2 is 1.87 bits per heavy atom. The van der Waals surface area contributed by atoms with Crippen molar-refractivity contribution in [3.05, 3.63) is 64.8 Å². The number of nitrogens with one attached hydrogen (secondary N) is 3. The molecule has 1 fully saturated rings. The van der Waals surface area contributed by atoms with Crippen molar-refractivity contribution in [1.29, 1.82) is 0 Å². The van der Waals surface area contributed by atoms with Gasteiger partial charge in [0.05, 0.1) is 11.3 Å². The molecule has 0 radical (unpaired) electrons. The molecule has 4 rings (SSSR count). The van der Waals surface area contributed by atoms with Crippen molar-refractivity contribution in [3.8, 4) is 0 Å². The van der Waals surface area contributed by atoms with Gasteiger partial charge in [-0.25, -0.2) is 4.79 Å². The second-order valence-corrected chi connectivity index (χ2v) is 7.64. The van der Waals surface area contributed by atoms with Crippen LogP contribution in [0.5, 0.6) is 0 Å². The number of benzene rings is 2. The molecular weight excluding hydrogens is 382 g/mol. The smallest absolute Gasteiger partial charge is 0.355 e. The van der Waals surface area contributed by atoms with Crippen LogP contribution in [0.25, 0.3) is 10.9 Å². The number of aromatic amines is 1. The molecule has 0 atom stereocenters. The van der Waals surface area contributed by atoms with Crippen molar-refractivity contribution in [1.82, 2.24) is 10.3 Å². The number of aryl methyl sites for hydroxylation is 2. The number of rotatable bonds is 6. The van der Waals surface area contributed by atoms with Gasteiger partial charge in [0.15, 0.2) is 6.61 Å². The summed E-state index contributed by atoms with van der Waals surface area (Å²) in [5.41, 5.74) is 4.04. The summed E-state index contributed by atoms with van der Waals surface area (Å²) in [7, 11) is 0. The summed E-state index contributed by atoms with van der Waals surface area (Å²) >= 11 is 0. The zero-order chi connectivity index (χ0) is 21.3. The molecule has 3 N–H and O–H groups in total. The predicted molar refractivity (Wildman–Crippen MR) is 114 cm³/mol. The lowest BCUT2D eigenvalue weighted by Crippen LogP contribution is -2.28. The molecule has 1 aliphatic carbocycles. The van der Waals surface area contributed by atoms with Gasteiger partial charge in [0.1, 0.15) is 5.69 Å². The Bertz CT molecular complexity index is 1140. The number of ether oxygens (including phenoxy) is 1. The third kappa shape index (κ3) is 4.35. The zero-order valence-electron chi connectivity index (χ0n) is 16.9. The Hall–Kier alpha value is -3.61. The van der Waals surface area contributed by atoms with E-state index in [4.69, 9.17) is 4.74 Å². The number of amides is 2. The van der Waals surface area contributed by atoms with E-state index in [1.54, 1.807) is 30.3 Å². The van der Waals surface area contributed by atoms with Crippen LogP contribution in [0, 0.1) is 13.8 Å². The number of para-hydroxylation sites is 1. The Labute approximate surface area is 173 Å². The van der Waals surface area contributed by atoms with Gasteiger partial charge in [-0.2, -0.15) is 0 Å². The van der Waals surface area contributed by atoms with E-state index in [0.717, 1.165) is 34.9 Å². The largest absolute Gasteiger partial charge is 0.451 e. The Balaban J connectivity index is 1.39. The molecule has 2 amide bonds. The van der Waals surface area contributed by atoms with Crippen molar-refractivity contribution >= 4 is 34.4 Å². The number of hydrogen-bond acceptors (Lipinski definition) is 4. The molecule has 0 aliphatic heterocycles. The Morgan fingerprint density at radius 1 is 1.10 bits per heavy atom. The van der Waals surface area contributed by atoms with Crippen LogP contribution in [-0.4, -0.2) is 35.4 Å². The van der Waals surface area contributed by atoms with Gasteiger partial charge in [0.25, 0.3) is 11.8 Å². The third-order valence-corrected chi connectivity index (χ3v) is 5.00. The quantitative estimate of drug-likeness (QED) is 0.547. The number of aromatic nitrogens is 1. The molecule has 1 aliphatic rings. The lowest BCUT2D eigenvalue weighted by molar-refractivity contribution is -0.119. The second-order valence-electron chi connectivity index (χ2n) is 7.64. The van der Waals surface area contributed by atoms with Gasteiger partial charge in [0, 0.05) is 16.9 Å². The van der Waals surface area contributed by atoms with Crippen LogP contribution >= 0.6 is 0 Å². The molecule has 1 heterocycles. The lowest BCUT2D eigenvalue weighted by Gasteiger charge is -2.11. The van der Waals surface area contributed by atoms with E-state index >= 15 is 0 Å². The van der Waals surface area contributed by atoms with Crippen LogP contribution in [0.15, 0.2) is 42.5 Å². The van der Waals surface area contributed by atoms with Crippen molar-refractivity contribution in [2.75, 3.05) is 11.9 Å². The summed E-state index contributed by atoms with van der Waals surface area (Å²) in [4.78, 5) is 40.0. The summed E-state index contributed by atoms with van der Waals surface area (Å²) in [5.74, 6) is -1.36. The molecule has 3 aromatic rings. The fraction of sp³-hybridized carbons (Fsp3) is 0.261. The van der Waals surface area contributed by atoms with Crippen LogP contribution in [-0.2, 0) is 9.53 Å². The molecule has 0 unspecified atom stereocenters. The average molecular weight is 405 g/mol. The van der Waals surface area contributed by atoms with Gasteiger partial charge in [-0.05, 0) is 62.1 Å². The molecule has 0 saturated heterocycles. The maximum atomic E-state index is 12.4. The van der Waals surface area contributed by atoms with Crippen molar-refractivity contribution in [3.63, 3.8) is 0 Å². The maximum absolute atomic E-state index is 12.4. The third-order valence-electron chi connectivity index (χ3n) is 5.00. The van der Waals surface area contributed by atoms with Crippen molar-refractivity contribution in [2.45, 2.75) is 32.7 Å². The van der Waals surface area contributed by atoms with Crippen molar-refractivity contribution < 1.29 is 19.1 Å². The fourth-order valence-corrected chi connectivity index (χ4v) is 3.39. The molecule has 1 aromatic heterocycles. The number of carbonyl (C=O) groups is 3. The number of carbonyl (C=O) groups excluding carboxylic acids is 3. The maximum Gasteiger partial charge on any atom is 0.355 e. The number of esters is 1. The van der Waals surface area contributed by atoms with E-state index in [9.17, 15) is 14.4 Å². The summed E-state index contributed by atoms with van der Waals surface area (Å²) < 4.78 is 5.15. The normalized spacial score (nSPS) is 13.1. The standard InChI is InChI=1S/C23H23N3O4/c1-13-9-14(2)17-11-20(25-19(17)10-13)23(29)30-12-21(27)26-18-6-4-3-5-16(18)22(28)24-15-7-8-15/h3-6,9-11,15,25H,7-8,12H2,1-2H3,(H,24,28)(H,26,27). The van der Waals surface area contributed by atoms with E-state index in [2.05, 4.69) is 15.6 Å². The monoisotopic (exact) mass is 405 g/mol. The summed E-state index contributed by atoms with van der Waals surface area (Å²) in [6, 6.07) is 12.7. The first kappa shape index (κ1) is 19.7. The minimum atomic E-state index is -0.613. The molecule has 7 heteroatoms. The molecule has 7 nitrogen and oxygen atoms in total. The summed E-state index contributed by atoms with van der Waals surface area (Å²) in [6.45, 7) is 3.51. The van der Waals surface area contributed by atoms with Gasteiger partial charge in [-0.1, -0.05) is 18.2 Å². The highest BCUT2D eigenvalue weighted by molar-refractivity contribution is 6.04. The highest BCUT2D eigenvalue weighted by atomic mass is 16.5. The summed E-state index contributed by atoms with van der Waals surface area (Å²) in [5, 5.41) is 6.48. The summed E-state index contributed by atoms with van der Waals surface area (Å²) in [6.07, 6.45) is 1.95. The molecule has 154 valence electrons. The van der Waals surface area contributed by atoms with E-state index in [1.165, 1.54) is 0 Å². The predicted octanol–water partition coefficient (Wildman–Crippen LogP) is 3.47. The van der Waals surface area contributed by atoms with Crippen LogP contribution in [0.4, 0.5) is 5.69 Å². The highest BCUT2D eigenvalue weighted by Gasteiger charge is 2.25. The zero-order valence-corrected chi connectivity index (χ0v) is 16.9. The topological polar surface area (TPSA) is 100 Å². The van der Waals surface area contributed by atoms with E-state index < -0.39 is 18.5 Å². The van der Waals surface area contributed by atoms with Crippen LogP contribution in [0.2, 0.25) is 0 Å². The van der Waals surface area contributed by atoms with Crippen LogP contribution in [0.1, 0.15) is 44.8 Å². The van der Waals surface area contributed by atoms with E-state index in [0.29, 0.717) is 11.3 Å². The average Bonchev–Trinajstić information content (AvgIpc) is 3.41. The van der Waals surface area contributed by atoms with Gasteiger partial charge < -0.3 is 20.4 Å². The van der Waals surface area contributed by atoms with Crippen molar-refractivity contribution in [2.24, 2.45) is 0 Å². The molecule has 30 heavy (non-hydrogen) atoms. The lowest BCUT2D eigenvalue weighted by atomic mass is 10.1. The van der Waals surface area contributed by atoms with Gasteiger partial charge >= 0.3 is 5.97 Å². The van der Waals surface area contributed by atoms with E-state index in [1.807, 2.05) is 26.0 Å². The van der Waals surface area contributed by atoms with Gasteiger partial charge in [-0.15, -0.1) is 0 Å². The first-order valence-corrected chi connectivity index (χ1v) is 9.87. The molecule has 0 spiro atoms. The van der Waals surface area contributed by atoms with Gasteiger partial charge in [-0.3, -0.25) is 9.59 Å². The number of H-pyrrole nitrogens is 1. The molecule has 2 aromatic carbocycles. The van der Waals surface area contributed by atoms with Gasteiger partial charge in [0.2, 0.25) is 0 Å². The molecule has 0 bridgehead atoms. The second kappa shape index (κ2) is 8.02.